The molecular weight excluding hydrogens is 238 g/mol. The summed E-state index contributed by atoms with van der Waals surface area (Å²) in [5.74, 6) is 0. The molecule has 0 saturated carbocycles. The van der Waals surface area contributed by atoms with Crippen LogP contribution in [0, 0.1) is 5.41 Å². The molecule has 2 saturated heterocycles. The highest BCUT2D eigenvalue weighted by atomic mass is 16.3. The summed E-state index contributed by atoms with van der Waals surface area (Å²) >= 11 is 0. The van der Waals surface area contributed by atoms with Crippen LogP contribution in [0.25, 0.3) is 0 Å². The van der Waals surface area contributed by atoms with Gasteiger partial charge in [0.1, 0.15) is 0 Å². The van der Waals surface area contributed by atoms with Crippen molar-refractivity contribution in [3.05, 3.63) is 0 Å². The number of piperazine rings is 1. The number of rotatable bonds is 5. The number of β-amino-alcohol motifs (C(OH)–C–C–N with tert-alkyl or cyclic N) is 1. The van der Waals surface area contributed by atoms with Gasteiger partial charge in [-0.1, -0.05) is 20.3 Å². The first-order chi connectivity index (χ1) is 9.11. The molecule has 0 amide bonds. The Morgan fingerprint density at radius 1 is 1.05 bits per heavy atom. The Bertz CT molecular complexity index is 258. The third-order valence-electron chi connectivity index (χ3n) is 5.06. The number of aliphatic hydroxyl groups excluding tert-OH is 1. The maximum Gasteiger partial charge on any atom is 0.0793 e. The van der Waals surface area contributed by atoms with E-state index in [1.807, 2.05) is 0 Å². The second-order valence-electron chi connectivity index (χ2n) is 6.67. The molecule has 112 valence electrons. The van der Waals surface area contributed by atoms with Crippen LogP contribution in [-0.2, 0) is 0 Å². The van der Waals surface area contributed by atoms with Gasteiger partial charge in [-0.2, -0.15) is 0 Å². The monoisotopic (exact) mass is 269 g/mol. The number of nitrogens with one attached hydrogen (secondary N) is 1. The highest BCUT2D eigenvalue weighted by molar-refractivity contribution is 4.83. The van der Waals surface area contributed by atoms with Crippen molar-refractivity contribution in [3.8, 4) is 0 Å². The largest absolute Gasteiger partial charge is 0.390 e. The minimum atomic E-state index is -0.191. The molecular formula is C15H31N3O. The number of aliphatic hydroxyl groups is 1. The topological polar surface area (TPSA) is 38.7 Å². The van der Waals surface area contributed by atoms with Crippen LogP contribution < -0.4 is 5.32 Å². The fourth-order valence-corrected chi connectivity index (χ4v) is 3.18. The van der Waals surface area contributed by atoms with Gasteiger partial charge in [0.05, 0.1) is 6.10 Å². The molecule has 0 aromatic rings. The van der Waals surface area contributed by atoms with Crippen molar-refractivity contribution in [1.82, 2.24) is 15.1 Å². The van der Waals surface area contributed by atoms with Crippen molar-refractivity contribution in [1.29, 1.82) is 0 Å². The molecule has 1 unspecified atom stereocenters. The summed E-state index contributed by atoms with van der Waals surface area (Å²) in [6, 6.07) is 0. The van der Waals surface area contributed by atoms with Crippen molar-refractivity contribution in [2.24, 2.45) is 5.41 Å². The molecule has 0 aromatic heterocycles. The molecule has 2 aliphatic rings. The highest BCUT2D eigenvalue weighted by Gasteiger charge is 2.29. The molecule has 2 rings (SSSR count). The molecule has 0 aromatic carbocycles. The highest BCUT2D eigenvalue weighted by Crippen LogP contribution is 2.33. The van der Waals surface area contributed by atoms with Crippen LogP contribution in [0.15, 0.2) is 0 Å². The van der Waals surface area contributed by atoms with Crippen LogP contribution in [0.2, 0.25) is 0 Å². The Hall–Kier alpha value is -0.160. The molecule has 0 radical (unpaired) electrons. The van der Waals surface area contributed by atoms with E-state index >= 15 is 0 Å². The molecule has 2 aliphatic heterocycles. The smallest absolute Gasteiger partial charge is 0.0793 e. The summed E-state index contributed by atoms with van der Waals surface area (Å²) in [5, 5.41) is 13.6. The average molecular weight is 269 g/mol. The fourth-order valence-electron chi connectivity index (χ4n) is 3.18. The first-order valence-corrected chi connectivity index (χ1v) is 7.95. The van der Waals surface area contributed by atoms with Crippen LogP contribution >= 0.6 is 0 Å². The number of hydrogen-bond acceptors (Lipinski definition) is 4. The van der Waals surface area contributed by atoms with E-state index in [4.69, 9.17) is 0 Å². The first kappa shape index (κ1) is 15.2. The normalized spacial score (nSPS) is 27.3. The van der Waals surface area contributed by atoms with Crippen molar-refractivity contribution in [2.75, 3.05) is 52.4 Å². The third kappa shape index (κ3) is 4.71. The average Bonchev–Trinajstić information content (AvgIpc) is 2.43. The van der Waals surface area contributed by atoms with Gasteiger partial charge in [0, 0.05) is 39.3 Å². The second-order valence-corrected chi connectivity index (χ2v) is 6.67. The third-order valence-corrected chi connectivity index (χ3v) is 5.06. The Balaban J connectivity index is 1.67. The van der Waals surface area contributed by atoms with Crippen LogP contribution in [0.3, 0.4) is 0 Å². The second kappa shape index (κ2) is 7.02. The quantitative estimate of drug-likeness (QED) is 0.773. The van der Waals surface area contributed by atoms with E-state index in [1.165, 1.54) is 19.3 Å². The zero-order valence-corrected chi connectivity index (χ0v) is 12.7. The van der Waals surface area contributed by atoms with Gasteiger partial charge in [0.25, 0.3) is 0 Å². The molecule has 0 bridgehead atoms. The maximum absolute atomic E-state index is 10.2. The van der Waals surface area contributed by atoms with Gasteiger partial charge in [-0.15, -0.1) is 0 Å². The van der Waals surface area contributed by atoms with E-state index in [9.17, 15) is 5.11 Å². The number of likely N-dealkylation sites (tertiary alicyclic amines) is 1. The van der Waals surface area contributed by atoms with E-state index < -0.39 is 0 Å². The van der Waals surface area contributed by atoms with Gasteiger partial charge in [-0.25, -0.2) is 0 Å². The minimum absolute atomic E-state index is 0.191. The lowest BCUT2D eigenvalue weighted by molar-refractivity contribution is 0.0414. The zero-order valence-electron chi connectivity index (χ0n) is 12.7. The summed E-state index contributed by atoms with van der Waals surface area (Å²) in [7, 11) is 0. The van der Waals surface area contributed by atoms with E-state index in [0.717, 1.165) is 52.4 Å². The van der Waals surface area contributed by atoms with E-state index in [2.05, 4.69) is 29.0 Å². The summed E-state index contributed by atoms with van der Waals surface area (Å²) in [4.78, 5) is 4.82. The molecule has 2 heterocycles. The van der Waals surface area contributed by atoms with Crippen molar-refractivity contribution < 1.29 is 5.11 Å². The molecule has 2 N–H and O–H groups in total. The molecule has 4 heteroatoms. The van der Waals surface area contributed by atoms with Gasteiger partial charge >= 0.3 is 0 Å². The Morgan fingerprint density at radius 3 is 2.11 bits per heavy atom. The van der Waals surface area contributed by atoms with Crippen LogP contribution in [0.4, 0.5) is 0 Å². The van der Waals surface area contributed by atoms with Gasteiger partial charge < -0.3 is 15.3 Å². The minimum Gasteiger partial charge on any atom is -0.390 e. The molecule has 0 aliphatic carbocycles. The Labute approximate surface area is 118 Å². The molecule has 2 fully saturated rings. The predicted octanol–water partition coefficient (Wildman–Crippen LogP) is 0.765. The molecule has 19 heavy (non-hydrogen) atoms. The maximum atomic E-state index is 10.2. The molecule has 4 nitrogen and oxygen atoms in total. The molecule has 0 spiro atoms. The lowest BCUT2D eigenvalue weighted by Gasteiger charge is -2.40. The Morgan fingerprint density at radius 2 is 1.58 bits per heavy atom. The predicted molar refractivity (Wildman–Crippen MR) is 79.4 cm³/mol. The van der Waals surface area contributed by atoms with E-state index in [-0.39, 0.29) is 6.10 Å². The zero-order chi connectivity index (χ0) is 13.7. The van der Waals surface area contributed by atoms with Gasteiger partial charge in [0.2, 0.25) is 0 Å². The summed E-state index contributed by atoms with van der Waals surface area (Å²) in [5.41, 5.74) is 0.542. The SMILES string of the molecule is CCC1(C)CCN(CC(O)CN2CCNCC2)CC1. The van der Waals surface area contributed by atoms with Crippen molar-refractivity contribution >= 4 is 0 Å². The molecule has 1 atom stereocenters. The van der Waals surface area contributed by atoms with E-state index in [1.54, 1.807) is 0 Å². The number of piperidine rings is 1. The number of hydrogen-bond donors (Lipinski definition) is 2. The summed E-state index contributed by atoms with van der Waals surface area (Å²) in [6.45, 7) is 13.0. The van der Waals surface area contributed by atoms with Gasteiger partial charge in [-0.05, 0) is 31.3 Å². The lowest BCUT2D eigenvalue weighted by Crippen LogP contribution is -2.49. The van der Waals surface area contributed by atoms with Crippen molar-refractivity contribution in [2.45, 2.75) is 39.2 Å². The van der Waals surface area contributed by atoms with Crippen LogP contribution in [0.5, 0.6) is 0 Å². The van der Waals surface area contributed by atoms with E-state index in [0.29, 0.717) is 5.41 Å². The fraction of sp³-hybridized carbons (Fsp3) is 1.00. The summed E-state index contributed by atoms with van der Waals surface area (Å²) in [6.07, 6.45) is 3.65. The lowest BCUT2D eigenvalue weighted by atomic mass is 9.78. The van der Waals surface area contributed by atoms with Crippen molar-refractivity contribution in [3.63, 3.8) is 0 Å². The van der Waals surface area contributed by atoms with Crippen LogP contribution in [0.1, 0.15) is 33.1 Å². The first-order valence-electron chi connectivity index (χ1n) is 7.95. The summed E-state index contributed by atoms with van der Waals surface area (Å²) < 4.78 is 0. The van der Waals surface area contributed by atoms with Gasteiger partial charge in [-0.3, -0.25) is 4.90 Å². The van der Waals surface area contributed by atoms with Gasteiger partial charge in [0.15, 0.2) is 0 Å². The standard InChI is InChI=1S/C15H31N3O/c1-3-15(2)4-8-17(9-5-15)12-14(19)13-18-10-6-16-7-11-18/h14,16,19H,3-13H2,1-2H3. The number of nitrogens with zero attached hydrogens (tertiary/aromatic N) is 2. The van der Waals surface area contributed by atoms with Crippen LogP contribution in [-0.4, -0.2) is 73.4 Å². The Kier molecular flexibility index (Phi) is 5.63.